The number of anilines is 1. The minimum Gasteiger partial charge on any atom is -0.462 e. The number of aromatic nitrogens is 2. The molecular formula is C16H19N3O2S. The van der Waals surface area contributed by atoms with Gasteiger partial charge in [-0.1, -0.05) is 12.2 Å². The molecule has 0 saturated heterocycles. The topological polar surface area (TPSA) is 64.1 Å². The Labute approximate surface area is 133 Å². The molecule has 1 aliphatic rings. The second-order valence-corrected chi connectivity index (χ2v) is 6.36. The SMILES string of the molecule is CCOC(=O)c1sc2nc(C)nc(NC3CC=CC3)c2c1C. The van der Waals surface area contributed by atoms with Crippen molar-refractivity contribution in [1.29, 1.82) is 0 Å². The Morgan fingerprint density at radius 2 is 2.09 bits per heavy atom. The molecule has 0 aliphatic heterocycles. The van der Waals surface area contributed by atoms with Crippen molar-refractivity contribution in [2.45, 2.75) is 39.7 Å². The Morgan fingerprint density at radius 1 is 1.36 bits per heavy atom. The number of aryl methyl sites for hydroxylation is 2. The number of ether oxygens (including phenoxy) is 1. The van der Waals surface area contributed by atoms with Crippen LogP contribution in [0.1, 0.15) is 40.8 Å². The van der Waals surface area contributed by atoms with Crippen LogP contribution in [0.15, 0.2) is 12.2 Å². The molecule has 2 aromatic heterocycles. The number of hydrogen-bond acceptors (Lipinski definition) is 6. The van der Waals surface area contributed by atoms with E-state index in [-0.39, 0.29) is 5.97 Å². The molecule has 0 bridgehead atoms. The minimum atomic E-state index is -0.283. The minimum absolute atomic E-state index is 0.283. The van der Waals surface area contributed by atoms with Crippen molar-refractivity contribution in [2.75, 3.05) is 11.9 Å². The molecule has 0 radical (unpaired) electrons. The van der Waals surface area contributed by atoms with E-state index in [1.165, 1.54) is 11.3 Å². The molecule has 0 aromatic carbocycles. The van der Waals surface area contributed by atoms with Crippen LogP contribution in [-0.4, -0.2) is 28.6 Å². The van der Waals surface area contributed by atoms with Crippen molar-refractivity contribution in [3.05, 3.63) is 28.4 Å². The van der Waals surface area contributed by atoms with Crippen molar-refractivity contribution >= 4 is 33.3 Å². The number of rotatable bonds is 4. The van der Waals surface area contributed by atoms with E-state index in [1.807, 2.05) is 20.8 Å². The van der Waals surface area contributed by atoms with Crippen molar-refractivity contribution in [1.82, 2.24) is 9.97 Å². The summed E-state index contributed by atoms with van der Waals surface area (Å²) in [6.45, 7) is 5.99. The fourth-order valence-corrected chi connectivity index (χ4v) is 3.79. The highest BCUT2D eigenvalue weighted by Crippen LogP contribution is 2.35. The molecule has 2 aromatic rings. The van der Waals surface area contributed by atoms with Crippen LogP contribution in [0.2, 0.25) is 0 Å². The average molecular weight is 317 g/mol. The van der Waals surface area contributed by atoms with Crippen molar-refractivity contribution < 1.29 is 9.53 Å². The molecule has 6 heteroatoms. The lowest BCUT2D eigenvalue weighted by Gasteiger charge is -2.14. The van der Waals surface area contributed by atoms with Gasteiger partial charge in [-0.15, -0.1) is 11.3 Å². The zero-order valence-electron chi connectivity index (χ0n) is 13.0. The van der Waals surface area contributed by atoms with Gasteiger partial charge >= 0.3 is 5.97 Å². The predicted molar refractivity (Wildman–Crippen MR) is 88.6 cm³/mol. The third kappa shape index (κ3) is 2.70. The molecule has 0 fully saturated rings. The summed E-state index contributed by atoms with van der Waals surface area (Å²) in [6.07, 6.45) is 6.35. The molecular weight excluding hydrogens is 298 g/mol. The number of hydrogen-bond donors (Lipinski definition) is 1. The molecule has 22 heavy (non-hydrogen) atoms. The van der Waals surface area contributed by atoms with E-state index in [4.69, 9.17) is 4.74 Å². The lowest BCUT2D eigenvalue weighted by molar-refractivity contribution is 0.0531. The summed E-state index contributed by atoms with van der Waals surface area (Å²) in [5.41, 5.74) is 0.895. The Morgan fingerprint density at radius 3 is 2.77 bits per heavy atom. The largest absolute Gasteiger partial charge is 0.462 e. The van der Waals surface area contributed by atoms with Crippen molar-refractivity contribution in [2.24, 2.45) is 0 Å². The fraction of sp³-hybridized carbons (Fsp3) is 0.438. The van der Waals surface area contributed by atoms with E-state index in [9.17, 15) is 4.79 Å². The van der Waals surface area contributed by atoms with Crippen molar-refractivity contribution in [3.8, 4) is 0 Å². The zero-order valence-corrected chi connectivity index (χ0v) is 13.8. The second kappa shape index (κ2) is 6.04. The van der Waals surface area contributed by atoms with E-state index < -0.39 is 0 Å². The number of fused-ring (bicyclic) bond motifs is 1. The third-order valence-corrected chi connectivity index (χ3v) is 4.88. The smallest absolute Gasteiger partial charge is 0.348 e. The Bertz CT molecular complexity index is 743. The van der Waals surface area contributed by atoms with E-state index in [0.29, 0.717) is 23.4 Å². The normalized spacial score (nSPS) is 14.7. The summed E-state index contributed by atoms with van der Waals surface area (Å²) in [7, 11) is 0. The van der Waals surface area contributed by atoms with E-state index >= 15 is 0 Å². The Hall–Kier alpha value is -1.95. The average Bonchev–Trinajstić information content (AvgIpc) is 3.07. The first-order valence-corrected chi connectivity index (χ1v) is 8.28. The van der Waals surface area contributed by atoms with E-state index in [0.717, 1.165) is 34.4 Å². The second-order valence-electron chi connectivity index (χ2n) is 5.36. The maximum absolute atomic E-state index is 12.1. The number of nitrogens with one attached hydrogen (secondary N) is 1. The van der Waals surface area contributed by atoms with Crippen LogP contribution in [0.5, 0.6) is 0 Å². The lowest BCUT2D eigenvalue weighted by Crippen LogP contribution is -2.16. The lowest BCUT2D eigenvalue weighted by atomic mass is 10.1. The molecule has 0 saturated carbocycles. The first kappa shape index (κ1) is 15.0. The summed E-state index contributed by atoms with van der Waals surface area (Å²) in [6, 6.07) is 0.364. The van der Waals surface area contributed by atoms with E-state index in [1.54, 1.807) is 0 Å². The van der Waals surface area contributed by atoms with Gasteiger partial charge in [0.25, 0.3) is 0 Å². The monoisotopic (exact) mass is 317 g/mol. The summed E-state index contributed by atoms with van der Waals surface area (Å²) < 4.78 is 5.13. The van der Waals surface area contributed by atoms with Gasteiger partial charge in [-0.2, -0.15) is 0 Å². The maximum Gasteiger partial charge on any atom is 0.348 e. The molecule has 1 aliphatic carbocycles. The third-order valence-electron chi connectivity index (χ3n) is 3.71. The standard InChI is InChI=1S/C16H19N3O2S/c1-4-21-16(20)13-9(2)12-14(19-11-7-5-6-8-11)17-10(3)18-15(12)22-13/h5-6,11H,4,7-8H2,1-3H3,(H,17,18,19). The molecule has 0 amide bonds. The molecule has 0 unspecified atom stereocenters. The van der Waals surface area contributed by atoms with Gasteiger partial charge in [0.15, 0.2) is 0 Å². The van der Waals surface area contributed by atoms with Crippen LogP contribution in [-0.2, 0) is 4.74 Å². The van der Waals surface area contributed by atoms with Crippen LogP contribution in [0.25, 0.3) is 10.2 Å². The van der Waals surface area contributed by atoms with Crippen molar-refractivity contribution in [3.63, 3.8) is 0 Å². The number of thiophene rings is 1. The maximum atomic E-state index is 12.1. The number of carbonyl (C=O) groups excluding carboxylic acids is 1. The van der Waals surface area contributed by atoms with Gasteiger partial charge in [-0.25, -0.2) is 14.8 Å². The Balaban J connectivity index is 2.05. The quantitative estimate of drug-likeness (QED) is 0.689. The van der Waals surface area contributed by atoms with E-state index in [2.05, 4.69) is 27.4 Å². The molecule has 0 spiro atoms. The zero-order chi connectivity index (χ0) is 15.7. The molecule has 0 atom stereocenters. The first-order chi connectivity index (χ1) is 10.6. The van der Waals surface area contributed by atoms with Crippen LogP contribution in [0.3, 0.4) is 0 Å². The van der Waals surface area contributed by atoms with Gasteiger partial charge in [0.1, 0.15) is 21.3 Å². The molecule has 116 valence electrons. The number of carbonyl (C=O) groups is 1. The van der Waals surface area contributed by atoms with Gasteiger partial charge in [0.05, 0.1) is 12.0 Å². The highest BCUT2D eigenvalue weighted by Gasteiger charge is 2.22. The van der Waals surface area contributed by atoms with Crippen LogP contribution in [0.4, 0.5) is 5.82 Å². The van der Waals surface area contributed by atoms with Gasteiger partial charge < -0.3 is 10.1 Å². The summed E-state index contributed by atoms with van der Waals surface area (Å²) in [5.74, 6) is 1.24. The van der Waals surface area contributed by atoms with Crippen LogP contribution < -0.4 is 5.32 Å². The summed E-state index contributed by atoms with van der Waals surface area (Å²) in [5, 5.41) is 4.43. The number of esters is 1. The summed E-state index contributed by atoms with van der Waals surface area (Å²) >= 11 is 1.38. The number of nitrogens with zero attached hydrogens (tertiary/aromatic N) is 2. The van der Waals surface area contributed by atoms with Gasteiger partial charge in [0.2, 0.25) is 0 Å². The molecule has 2 heterocycles. The molecule has 1 N–H and O–H groups in total. The Kier molecular flexibility index (Phi) is 4.11. The molecule has 3 rings (SSSR count). The van der Waals surface area contributed by atoms with Crippen LogP contribution in [0, 0.1) is 13.8 Å². The van der Waals surface area contributed by atoms with Crippen LogP contribution >= 0.6 is 11.3 Å². The fourth-order valence-electron chi connectivity index (χ4n) is 2.67. The molecule has 5 nitrogen and oxygen atoms in total. The highest BCUT2D eigenvalue weighted by molar-refractivity contribution is 7.20. The van der Waals surface area contributed by atoms with Gasteiger partial charge in [0, 0.05) is 6.04 Å². The predicted octanol–water partition coefficient (Wildman–Crippen LogP) is 3.62. The van der Waals surface area contributed by atoms with Gasteiger partial charge in [-0.3, -0.25) is 0 Å². The highest BCUT2D eigenvalue weighted by atomic mass is 32.1. The summed E-state index contributed by atoms with van der Waals surface area (Å²) in [4.78, 5) is 22.6. The first-order valence-electron chi connectivity index (χ1n) is 7.46. The van der Waals surface area contributed by atoms with Gasteiger partial charge in [-0.05, 0) is 39.2 Å².